The number of carboxylic acids is 1. The molecule has 1 fully saturated rings. The highest BCUT2D eigenvalue weighted by molar-refractivity contribution is 5.84. The molecule has 0 bridgehead atoms. The molecule has 0 radical (unpaired) electrons. The Balaban J connectivity index is 2.30. The van der Waals surface area contributed by atoms with Crippen LogP contribution in [0.15, 0.2) is 0 Å². The van der Waals surface area contributed by atoms with Crippen molar-refractivity contribution in [3.8, 4) is 0 Å². The summed E-state index contributed by atoms with van der Waals surface area (Å²) in [5.74, 6) is -2.27. The van der Waals surface area contributed by atoms with E-state index in [0.29, 0.717) is 5.92 Å². The molecule has 5 heteroatoms. The number of hydrogen-bond donors (Lipinski definition) is 3. The summed E-state index contributed by atoms with van der Waals surface area (Å²) in [6.45, 7) is 3.31. The standard InChI is InChI=1S/C11H19NO4/c1-6(7(2)11(15)16)10(14)12-5-9(13)8-3-4-8/h6-9,13H,3-5H2,1-2H3,(H,12,14)(H,15,16). The highest BCUT2D eigenvalue weighted by atomic mass is 16.4. The molecule has 1 aliphatic rings. The zero-order valence-corrected chi connectivity index (χ0v) is 9.64. The normalized spacial score (nSPS) is 20.9. The van der Waals surface area contributed by atoms with Gasteiger partial charge in [-0.25, -0.2) is 0 Å². The van der Waals surface area contributed by atoms with E-state index in [1.54, 1.807) is 6.92 Å². The van der Waals surface area contributed by atoms with E-state index in [4.69, 9.17) is 5.11 Å². The minimum absolute atomic E-state index is 0.222. The first-order chi connectivity index (χ1) is 7.43. The minimum Gasteiger partial charge on any atom is -0.481 e. The average molecular weight is 229 g/mol. The molecule has 16 heavy (non-hydrogen) atoms. The second-order valence-corrected chi connectivity index (χ2v) is 4.57. The van der Waals surface area contributed by atoms with Gasteiger partial charge in [-0.15, -0.1) is 0 Å². The molecule has 3 N–H and O–H groups in total. The van der Waals surface area contributed by atoms with Crippen LogP contribution in [-0.4, -0.2) is 34.7 Å². The molecule has 1 aliphatic carbocycles. The molecule has 5 nitrogen and oxygen atoms in total. The monoisotopic (exact) mass is 229 g/mol. The number of carboxylic acid groups (broad SMARTS) is 1. The van der Waals surface area contributed by atoms with E-state index in [1.165, 1.54) is 6.92 Å². The van der Waals surface area contributed by atoms with E-state index in [0.717, 1.165) is 12.8 Å². The number of nitrogens with one attached hydrogen (secondary N) is 1. The first-order valence-corrected chi connectivity index (χ1v) is 5.62. The van der Waals surface area contributed by atoms with E-state index in [9.17, 15) is 14.7 Å². The van der Waals surface area contributed by atoms with Gasteiger partial charge in [-0.3, -0.25) is 9.59 Å². The third kappa shape index (κ3) is 3.48. The summed E-state index contributed by atoms with van der Waals surface area (Å²) < 4.78 is 0. The van der Waals surface area contributed by atoms with Crippen LogP contribution in [0.25, 0.3) is 0 Å². The van der Waals surface area contributed by atoms with E-state index in [-0.39, 0.29) is 12.5 Å². The molecule has 0 saturated heterocycles. The lowest BCUT2D eigenvalue weighted by Gasteiger charge is -2.17. The zero-order chi connectivity index (χ0) is 12.3. The maximum absolute atomic E-state index is 11.6. The van der Waals surface area contributed by atoms with Crippen LogP contribution in [0.1, 0.15) is 26.7 Å². The van der Waals surface area contributed by atoms with Gasteiger partial charge in [0.25, 0.3) is 0 Å². The van der Waals surface area contributed by atoms with Gasteiger partial charge in [0, 0.05) is 12.5 Å². The first kappa shape index (κ1) is 13.0. The van der Waals surface area contributed by atoms with Gasteiger partial charge in [-0.1, -0.05) is 13.8 Å². The zero-order valence-electron chi connectivity index (χ0n) is 9.64. The summed E-state index contributed by atoms with van der Waals surface area (Å²) in [4.78, 5) is 22.2. The summed E-state index contributed by atoms with van der Waals surface area (Å²) in [6, 6.07) is 0. The van der Waals surface area contributed by atoms with Gasteiger partial charge in [0.2, 0.25) is 5.91 Å². The first-order valence-electron chi connectivity index (χ1n) is 5.62. The van der Waals surface area contributed by atoms with Gasteiger partial charge in [0.1, 0.15) is 0 Å². The third-order valence-corrected chi connectivity index (χ3v) is 3.20. The molecular weight excluding hydrogens is 210 g/mol. The highest BCUT2D eigenvalue weighted by Gasteiger charge is 2.31. The van der Waals surface area contributed by atoms with Crippen molar-refractivity contribution in [2.45, 2.75) is 32.8 Å². The number of aliphatic hydroxyl groups excluding tert-OH is 1. The van der Waals surface area contributed by atoms with Crippen molar-refractivity contribution >= 4 is 11.9 Å². The average Bonchev–Trinajstić information content (AvgIpc) is 3.06. The lowest BCUT2D eigenvalue weighted by atomic mass is 9.95. The second kappa shape index (κ2) is 5.30. The van der Waals surface area contributed by atoms with Crippen LogP contribution < -0.4 is 5.32 Å². The predicted molar refractivity (Wildman–Crippen MR) is 57.7 cm³/mol. The van der Waals surface area contributed by atoms with Crippen molar-refractivity contribution in [3.05, 3.63) is 0 Å². The largest absolute Gasteiger partial charge is 0.481 e. The molecule has 0 spiro atoms. The lowest BCUT2D eigenvalue weighted by Crippen LogP contribution is -2.39. The molecule has 1 rings (SSSR count). The van der Waals surface area contributed by atoms with Crippen LogP contribution in [0.5, 0.6) is 0 Å². The van der Waals surface area contributed by atoms with Crippen LogP contribution >= 0.6 is 0 Å². The molecule has 0 heterocycles. The molecule has 92 valence electrons. The van der Waals surface area contributed by atoms with Crippen LogP contribution in [0, 0.1) is 17.8 Å². The Bertz CT molecular complexity index is 275. The fourth-order valence-electron chi connectivity index (χ4n) is 1.45. The second-order valence-electron chi connectivity index (χ2n) is 4.57. The van der Waals surface area contributed by atoms with E-state index in [1.807, 2.05) is 0 Å². The number of carbonyl (C=O) groups is 2. The summed E-state index contributed by atoms with van der Waals surface area (Å²) in [6.07, 6.45) is 1.53. The molecule has 0 aromatic rings. The van der Waals surface area contributed by atoms with E-state index < -0.39 is 23.9 Å². The quantitative estimate of drug-likeness (QED) is 0.608. The lowest BCUT2D eigenvalue weighted by molar-refractivity contribution is -0.146. The van der Waals surface area contributed by atoms with E-state index >= 15 is 0 Å². The Morgan fingerprint density at radius 2 is 1.88 bits per heavy atom. The van der Waals surface area contributed by atoms with Crippen molar-refractivity contribution in [3.63, 3.8) is 0 Å². The van der Waals surface area contributed by atoms with Gasteiger partial charge in [0.15, 0.2) is 0 Å². The highest BCUT2D eigenvalue weighted by Crippen LogP contribution is 2.32. The molecule has 0 aromatic heterocycles. The number of carbonyl (C=O) groups excluding carboxylic acids is 1. The number of aliphatic hydroxyl groups is 1. The van der Waals surface area contributed by atoms with Gasteiger partial charge < -0.3 is 15.5 Å². The predicted octanol–water partition coefficient (Wildman–Crippen LogP) is 0.230. The molecule has 3 atom stereocenters. The van der Waals surface area contributed by atoms with Crippen molar-refractivity contribution in [1.29, 1.82) is 0 Å². The Morgan fingerprint density at radius 3 is 2.31 bits per heavy atom. The summed E-state index contributed by atoms with van der Waals surface area (Å²) in [5, 5.41) is 20.9. The Kier molecular flexibility index (Phi) is 4.29. The van der Waals surface area contributed by atoms with Crippen LogP contribution in [-0.2, 0) is 9.59 Å². The van der Waals surface area contributed by atoms with Crippen molar-refractivity contribution in [2.24, 2.45) is 17.8 Å². The van der Waals surface area contributed by atoms with Gasteiger partial charge in [-0.2, -0.15) is 0 Å². The van der Waals surface area contributed by atoms with Crippen LogP contribution in [0.2, 0.25) is 0 Å². The summed E-state index contributed by atoms with van der Waals surface area (Å²) >= 11 is 0. The number of aliphatic carboxylic acids is 1. The third-order valence-electron chi connectivity index (χ3n) is 3.20. The van der Waals surface area contributed by atoms with Crippen LogP contribution in [0.3, 0.4) is 0 Å². The van der Waals surface area contributed by atoms with Crippen molar-refractivity contribution < 1.29 is 19.8 Å². The van der Waals surface area contributed by atoms with Crippen molar-refractivity contribution in [2.75, 3.05) is 6.54 Å². The Hall–Kier alpha value is -1.10. The fraction of sp³-hybridized carbons (Fsp3) is 0.818. The van der Waals surface area contributed by atoms with Gasteiger partial charge in [-0.05, 0) is 18.8 Å². The van der Waals surface area contributed by atoms with E-state index in [2.05, 4.69) is 5.32 Å². The Morgan fingerprint density at radius 1 is 1.31 bits per heavy atom. The Labute approximate surface area is 94.8 Å². The smallest absolute Gasteiger partial charge is 0.307 e. The maximum atomic E-state index is 11.6. The number of hydrogen-bond acceptors (Lipinski definition) is 3. The molecule has 1 saturated carbocycles. The van der Waals surface area contributed by atoms with Gasteiger partial charge in [0.05, 0.1) is 12.0 Å². The number of amides is 1. The van der Waals surface area contributed by atoms with Crippen molar-refractivity contribution in [1.82, 2.24) is 5.32 Å². The summed E-state index contributed by atoms with van der Waals surface area (Å²) in [5.41, 5.74) is 0. The molecule has 1 amide bonds. The minimum atomic E-state index is -0.981. The summed E-state index contributed by atoms with van der Waals surface area (Å²) in [7, 11) is 0. The molecule has 0 aromatic carbocycles. The van der Waals surface area contributed by atoms with Gasteiger partial charge >= 0.3 is 5.97 Å². The number of rotatable bonds is 6. The topological polar surface area (TPSA) is 86.6 Å². The molecule has 3 unspecified atom stereocenters. The fourth-order valence-corrected chi connectivity index (χ4v) is 1.45. The SMILES string of the molecule is CC(C(=O)O)C(C)C(=O)NCC(O)C1CC1. The maximum Gasteiger partial charge on any atom is 0.307 e. The molecular formula is C11H19NO4. The molecule has 0 aliphatic heterocycles. The van der Waals surface area contributed by atoms with Crippen LogP contribution in [0.4, 0.5) is 0 Å².